The van der Waals surface area contributed by atoms with Crippen molar-refractivity contribution >= 4 is 29.1 Å². The highest BCUT2D eigenvalue weighted by atomic mass is 35.5. The first-order valence-electron chi connectivity index (χ1n) is 6.47. The monoisotopic (exact) mass is 313 g/mol. The Morgan fingerprint density at radius 3 is 2.70 bits per heavy atom. The number of amides is 1. The number of hydrogen-bond donors (Lipinski definition) is 1. The molecule has 0 fully saturated rings. The quantitative estimate of drug-likeness (QED) is 0.811. The van der Waals surface area contributed by atoms with Gasteiger partial charge in [-0.25, -0.2) is 0 Å². The smallest absolute Gasteiger partial charge is 0.255 e. The second-order valence-corrected chi connectivity index (χ2v) is 5.73. The van der Waals surface area contributed by atoms with E-state index in [9.17, 15) is 4.79 Å². The molecule has 2 aliphatic rings. The molecule has 20 heavy (non-hydrogen) atoms. The lowest BCUT2D eigenvalue weighted by atomic mass is 10.0. The third-order valence-electron chi connectivity index (χ3n) is 3.35. The van der Waals surface area contributed by atoms with Crippen LogP contribution in [0.1, 0.15) is 19.8 Å². The van der Waals surface area contributed by atoms with Gasteiger partial charge in [0.25, 0.3) is 5.91 Å². The summed E-state index contributed by atoms with van der Waals surface area (Å²) in [6, 6.07) is 0. The Morgan fingerprint density at radius 2 is 2.10 bits per heavy atom. The molecule has 0 aromatic heterocycles. The summed E-state index contributed by atoms with van der Waals surface area (Å²) in [5.74, 6) is -0.204. The van der Waals surface area contributed by atoms with E-state index in [1.165, 1.54) is 7.11 Å². The molecular weight excluding hydrogens is 297 g/mol. The molecule has 1 amide bonds. The van der Waals surface area contributed by atoms with Crippen molar-refractivity contribution < 1.29 is 9.53 Å². The van der Waals surface area contributed by atoms with Crippen molar-refractivity contribution in [3.05, 3.63) is 46.2 Å². The van der Waals surface area contributed by atoms with Gasteiger partial charge in [0, 0.05) is 23.4 Å². The first-order chi connectivity index (χ1) is 9.52. The molecule has 5 heteroatoms. The molecule has 0 saturated heterocycles. The van der Waals surface area contributed by atoms with Crippen LogP contribution in [0.15, 0.2) is 46.2 Å². The Balaban J connectivity index is 2.11. The highest BCUT2D eigenvalue weighted by Gasteiger charge is 2.27. The van der Waals surface area contributed by atoms with E-state index in [4.69, 9.17) is 27.9 Å². The summed E-state index contributed by atoms with van der Waals surface area (Å²) >= 11 is 12.2. The van der Waals surface area contributed by atoms with E-state index in [0.29, 0.717) is 10.6 Å². The fourth-order valence-electron chi connectivity index (χ4n) is 2.22. The number of alkyl halides is 1. The lowest BCUT2D eigenvalue weighted by molar-refractivity contribution is -0.116. The molecular formula is C15H17Cl2NO2. The summed E-state index contributed by atoms with van der Waals surface area (Å²) in [6.07, 6.45) is 8.96. The molecule has 0 heterocycles. The zero-order valence-electron chi connectivity index (χ0n) is 11.5. The molecule has 1 N–H and O–H groups in total. The van der Waals surface area contributed by atoms with Crippen LogP contribution in [0.25, 0.3) is 0 Å². The average molecular weight is 314 g/mol. The van der Waals surface area contributed by atoms with Gasteiger partial charge in [-0.2, -0.15) is 0 Å². The molecule has 0 spiro atoms. The number of hydrogen-bond acceptors (Lipinski definition) is 2. The van der Waals surface area contributed by atoms with Crippen molar-refractivity contribution in [2.45, 2.75) is 31.2 Å². The third-order valence-corrected chi connectivity index (χ3v) is 4.03. The summed E-state index contributed by atoms with van der Waals surface area (Å²) < 4.78 is 5.18. The number of methoxy groups -OCH3 is 1. The first-order valence-corrected chi connectivity index (χ1v) is 7.28. The van der Waals surface area contributed by atoms with Crippen LogP contribution in [-0.4, -0.2) is 24.5 Å². The average Bonchev–Trinajstić information content (AvgIpc) is 2.41. The second kappa shape index (κ2) is 6.61. The largest absolute Gasteiger partial charge is 0.374 e. The minimum absolute atomic E-state index is 0.204. The van der Waals surface area contributed by atoms with E-state index < -0.39 is 11.5 Å². The maximum atomic E-state index is 12.2. The van der Waals surface area contributed by atoms with Gasteiger partial charge < -0.3 is 10.1 Å². The van der Waals surface area contributed by atoms with E-state index in [2.05, 4.69) is 11.4 Å². The van der Waals surface area contributed by atoms with Gasteiger partial charge >= 0.3 is 0 Å². The highest BCUT2D eigenvalue weighted by molar-refractivity contribution is 6.33. The number of rotatable bonds is 3. The van der Waals surface area contributed by atoms with Gasteiger partial charge in [-0.3, -0.25) is 4.79 Å². The van der Waals surface area contributed by atoms with Gasteiger partial charge in [0.1, 0.15) is 6.10 Å². The molecule has 2 aliphatic carbocycles. The van der Waals surface area contributed by atoms with Crippen LogP contribution in [0.3, 0.4) is 0 Å². The van der Waals surface area contributed by atoms with Crippen LogP contribution in [0.5, 0.6) is 0 Å². The zero-order chi connectivity index (χ0) is 14.7. The fraction of sp³-hybridized carbons (Fsp3) is 0.400. The molecule has 2 unspecified atom stereocenters. The van der Waals surface area contributed by atoms with Crippen LogP contribution >= 0.6 is 23.2 Å². The van der Waals surface area contributed by atoms with Gasteiger partial charge in [-0.15, -0.1) is 11.6 Å². The molecule has 0 aromatic rings. The Labute approximate surface area is 129 Å². The van der Waals surface area contributed by atoms with Gasteiger partial charge in [0.2, 0.25) is 0 Å². The molecule has 0 aromatic carbocycles. The predicted octanol–water partition coefficient (Wildman–Crippen LogP) is 3.41. The van der Waals surface area contributed by atoms with E-state index in [1.807, 2.05) is 13.0 Å². The Morgan fingerprint density at radius 1 is 1.40 bits per heavy atom. The maximum Gasteiger partial charge on any atom is 0.255 e. The summed E-state index contributed by atoms with van der Waals surface area (Å²) in [5, 5.41) is 2.88. The van der Waals surface area contributed by atoms with E-state index >= 15 is 0 Å². The summed E-state index contributed by atoms with van der Waals surface area (Å²) in [6.45, 7) is 1.98. The van der Waals surface area contributed by atoms with Crippen LogP contribution in [0, 0.1) is 0 Å². The normalized spacial score (nSPS) is 26.2. The van der Waals surface area contributed by atoms with Crippen molar-refractivity contribution in [2.24, 2.45) is 0 Å². The van der Waals surface area contributed by atoms with E-state index in [1.54, 1.807) is 12.2 Å². The predicted molar refractivity (Wildman–Crippen MR) is 81.7 cm³/mol. The molecule has 0 bridgehead atoms. The highest BCUT2D eigenvalue weighted by Crippen LogP contribution is 2.27. The molecule has 2 rings (SSSR count). The van der Waals surface area contributed by atoms with Gasteiger partial charge in [0.05, 0.1) is 5.38 Å². The van der Waals surface area contributed by atoms with E-state index in [-0.39, 0.29) is 5.91 Å². The summed E-state index contributed by atoms with van der Waals surface area (Å²) in [7, 11) is 1.54. The van der Waals surface area contributed by atoms with Crippen molar-refractivity contribution in [1.29, 1.82) is 0 Å². The van der Waals surface area contributed by atoms with Gasteiger partial charge in [-0.05, 0) is 31.4 Å². The topological polar surface area (TPSA) is 38.3 Å². The molecule has 0 saturated carbocycles. The molecule has 0 radical (unpaired) electrons. The first kappa shape index (κ1) is 15.4. The SMILES string of the molecule is COC1C(Cl)=CC(C(=O)NC2=CCCC=C2C)=CC1Cl. The Bertz CT molecular complexity index is 532. The number of carbonyl (C=O) groups is 1. The number of allylic oxidation sites excluding steroid dienone is 3. The van der Waals surface area contributed by atoms with E-state index in [0.717, 1.165) is 24.1 Å². The van der Waals surface area contributed by atoms with Crippen LogP contribution in [0.4, 0.5) is 0 Å². The minimum Gasteiger partial charge on any atom is -0.374 e. The van der Waals surface area contributed by atoms with Gasteiger partial charge in [-0.1, -0.05) is 29.8 Å². The molecule has 2 atom stereocenters. The Kier molecular flexibility index (Phi) is 5.08. The van der Waals surface area contributed by atoms with Crippen molar-refractivity contribution in [3.8, 4) is 0 Å². The van der Waals surface area contributed by atoms with Crippen molar-refractivity contribution in [3.63, 3.8) is 0 Å². The molecule has 3 nitrogen and oxygen atoms in total. The lowest BCUT2D eigenvalue weighted by Gasteiger charge is -2.23. The number of halogens is 2. The summed E-state index contributed by atoms with van der Waals surface area (Å²) in [4.78, 5) is 12.2. The molecule has 108 valence electrons. The third kappa shape index (κ3) is 3.35. The lowest BCUT2D eigenvalue weighted by Crippen LogP contribution is -2.31. The number of carbonyl (C=O) groups excluding carboxylic acids is 1. The van der Waals surface area contributed by atoms with Crippen LogP contribution in [0.2, 0.25) is 0 Å². The summed E-state index contributed by atoms with van der Waals surface area (Å²) in [5.41, 5.74) is 2.39. The van der Waals surface area contributed by atoms with Crippen molar-refractivity contribution in [2.75, 3.05) is 7.11 Å². The zero-order valence-corrected chi connectivity index (χ0v) is 13.0. The van der Waals surface area contributed by atoms with Crippen LogP contribution < -0.4 is 5.32 Å². The number of nitrogens with one attached hydrogen (secondary N) is 1. The second-order valence-electron chi connectivity index (χ2n) is 4.79. The van der Waals surface area contributed by atoms with Crippen LogP contribution in [-0.2, 0) is 9.53 Å². The fourth-order valence-corrected chi connectivity index (χ4v) is 3.00. The standard InChI is InChI=1S/C15H17Cl2NO2/c1-9-5-3-4-6-13(9)18-15(19)10-7-11(16)14(20-2)12(17)8-10/h5-8,11,14H,3-4H2,1-2H3,(H,18,19). The Hall–Kier alpha value is -1.03. The minimum atomic E-state index is -0.449. The number of ether oxygens (including phenoxy) is 1. The maximum absolute atomic E-state index is 12.2. The van der Waals surface area contributed by atoms with Crippen molar-refractivity contribution in [1.82, 2.24) is 5.32 Å². The molecule has 0 aliphatic heterocycles. The van der Waals surface area contributed by atoms with Gasteiger partial charge in [0.15, 0.2) is 0 Å².